The lowest BCUT2D eigenvalue weighted by atomic mass is 10.1. The lowest BCUT2D eigenvalue weighted by molar-refractivity contribution is -0.384. The van der Waals surface area contributed by atoms with Gasteiger partial charge in [0, 0.05) is 18.6 Å². The maximum Gasteiger partial charge on any atom is 0.328 e. The molecule has 8 heteroatoms. The second-order valence-electron chi connectivity index (χ2n) is 5.75. The largest absolute Gasteiger partial charge is 0.467 e. The average molecular weight is 372 g/mol. The van der Waals surface area contributed by atoms with Crippen molar-refractivity contribution in [3.63, 3.8) is 0 Å². The number of nitro groups is 1. The standard InChI is InChI=1S/C19H20N2O6/c1-26-19(23)17(11-14-7-9-16(10-8-14)21(24)25)20-18(22)13-27-12-15-5-3-2-4-6-15/h2-10,17H,11-13H2,1H3,(H,20,22)/t17-/m1/s1. The number of carbonyl (C=O) groups is 2. The molecule has 0 aliphatic heterocycles. The molecule has 0 aliphatic carbocycles. The molecular formula is C19H20N2O6. The highest BCUT2D eigenvalue weighted by atomic mass is 16.6. The third-order valence-electron chi connectivity index (χ3n) is 3.75. The maximum atomic E-state index is 12.1. The number of hydrogen-bond acceptors (Lipinski definition) is 6. The summed E-state index contributed by atoms with van der Waals surface area (Å²) < 4.78 is 10.1. The summed E-state index contributed by atoms with van der Waals surface area (Å²) in [7, 11) is 1.23. The summed E-state index contributed by atoms with van der Waals surface area (Å²) in [6.45, 7) is 0.0716. The Morgan fingerprint density at radius 1 is 1.07 bits per heavy atom. The Morgan fingerprint density at radius 2 is 1.74 bits per heavy atom. The summed E-state index contributed by atoms with van der Waals surface area (Å²) in [6, 6.07) is 14.2. The Bertz CT molecular complexity index is 777. The zero-order valence-electron chi connectivity index (χ0n) is 14.8. The highest BCUT2D eigenvalue weighted by molar-refractivity contribution is 5.85. The molecule has 0 spiro atoms. The van der Waals surface area contributed by atoms with Crippen molar-refractivity contribution in [3.05, 3.63) is 75.8 Å². The van der Waals surface area contributed by atoms with Crippen molar-refractivity contribution in [1.29, 1.82) is 0 Å². The molecule has 27 heavy (non-hydrogen) atoms. The lowest BCUT2D eigenvalue weighted by Gasteiger charge is -2.16. The number of ether oxygens (including phenoxy) is 2. The topological polar surface area (TPSA) is 108 Å². The number of amides is 1. The number of carbonyl (C=O) groups excluding carboxylic acids is 2. The van der Waals surface area contributed by atoms with E-state index in [1.54, 1.807) is 0 Å². The van der Waals surface area contributed by atoms with Gasteiger partial charge < -0.3 is 14.8 Å². The molecule has 1 atom stereocenters. The SMILES string of the molecule is COC(=O)[C@@H](Cc1ccc([N+](=O)[O-])cc1)NC(=O)COCc1ccccc1. The number of rotatable bonds is 9. The molecule has 8 nitrogen and oxygen atoms in total. The molecule has 142 valence electrons. The van der Waals surface area contributed by atoms with E-state index in [0.717, 1.165) is 5.56 Å². The molecule has 0 unspecified atom stereocenters. The first-order chi connectivity index (χ1) is 13.0. The third-order valence-corrected chi connectivity index (χ3v) is 3.75. The van der Waals surface area contributed by atoms with Crippen LogP contribution in [0.2, 0.25) is 0 Å². The quantitative estimate of drug-likeness (QED) is 0.410. The second kappa shape index (κ2) is 10.0. The number of nitrogens with zero attached hydrogens (tertiary/aromatic N) is 1. The van der Waals surface area contributed by atoms with E-state index in [1.807, 2.05) is 30.3 Å². The fraction of sp³-hybridized carbons (Fsp3) is 0.263. The number of methoxy groups -OCH3 is 1. The van der Waals surface area contributed by atoms with Gasteiger partial charge in [-0.3, -0.25) is 14.9 Å². The normalized spacial score (nSPS) is 11.4. The van der Waals surface area contributed by atoms with Gasteiger partial charge in [-0.2, -0.15) is 0 Å². The average Bonchev–Trinajstić information content (AvgIpc) is 2.68. The van der Waals surface area contributed by atoms with Crippen LogP contribution in [0.3, 0.4) is 0 Å². The minimum absolute atomic E-state index is 0.0493. The van der Waals surface area contributed by atoms with E-state index < -0.39 is 22.8 Å². The van der Waals surface area contributed by atoms with Crippen LogP contribution in [0.5, 0.6) is 0 Å². The summed E-state index contributed by atoms with van der Waals surface area (Å²) in [6.07, 6.45) is 0.148. The number of nitrogens with one attached hydrogen (secondary N) is 1. The first-order valence-electron chi connectivity index (χ1n) is 8.22. The van der Waals surface area contributed by atoms with Gasteiger partial charge in [-0.05, 0) is 11.1 Å². The number of non-ortho nitro benzene ring substituents is 1. The van der Waals surface area contributed by atoms with Crippen LogP contribution >= 0.6 is 0 Å². The van der Waals surface area contributed by atoms with Gasteiger partial charge in [0.25, 0.3) is 5.69 Å². The number of esters is 1. The van der Waals surface area contributed by atoms with E-state index in [0.29, 0.717) is 5.56 Å². The summed E-state index contributed by atoms with van der Waals surface area (Å²) in [5, 5.41) is 13.3. The molecule has 1 amide bonds. The Labute approximate surface area is 156 Å². The summed E-state index contributed by atoms with van der Waals surface area (Å²) in [5.74, 6) is -1.06. The fourth-order valence-electron chi connectivity index (χ4n) is 2.40. The molecule has 0 radical (unpaired) electrons. The number of hydrogen-bond donors (Lipinski definition) is 1. The molecule has 2 aromatic rings. The Morgan fingerprint density at radius 3 is 2.33 bits per heavy atom. The van der Waals surface area contributed by atoms with E-state index in [-0.39, 0.29) is 25.3 Å². The van der Waals surface area contributed by atoms with Gasteiger partial charge in [0.1, 0.15) is 12.6 Å². The Hall–Kier alpha value is -3.26. The molecule has 0 bridgehead atoms. The smallest absolute Gasteiger partial charge is 0.328 e. The van der Waals surface area contributed by atoms with Crippen molar-refractivity contribution in [2.75, 3.05) is 13.7 Å². The first-order valence-corrected chi connectivity index (χ1v) is 8.22. The van der Waals surface area contributed by atoms with Gasteiger partial charge >= 0.3 is 5.97 Å². The Balaban J connectivity index is 1.90. The van der Waals surface area contributed by atoms with Crippen LogP contribution < -0.4 is 5.32 Å². The van der Waals surface area contributed by atoms with Crippen molar-refractivity contribution in [2.24, 2.45) is 0 Å². The lowest BCUT2D eigenvalue weighted by Crippen LogP contribution is -2.44. The van der Waals surface area contributed by atoms with Crippen molar-refractivity contribution >= 4 is 17.6 Å². The summed E-state index contributed by atoms with van der Waals surface area (Å²) in [5.41, 5.74) is 1.54. The molecule has 0 fully saturated rings. The molecular weight excluding hydrogens is 352 g/mol. The zero-order chi connectivity index (χ0) is 19.6. The van der Waals surface area contributed by atoms with E-state index in [2.05, 4.69) is 5.32 Å². The molecule has 0 heterocycles. The maximum absolute atomic E-state index is 12.1. The molecule has 0 aliphatic rings. The number of nitro benzene ring substituents is 1. The van der Waals surface area contributed by atoms with Crippen LogP contribution in [0, 0.1) is 10.1 Å². The highest BCUT2D eigenvalue weighted by Gasteiger charge is 2.22. The predicted molar refractivity (Wildman–Crippen MR) is 96.8 cm³/mol. The Kier molecular flexibility index (Phi) is 7.45. The van der Waals surface area contributed by atoms with Gasteiger partial charge in [0.2, 0.25) is 5.91 Å². The second-order valence-corrected chi connectivity index (χ2v) is 5.75. The predicted octanol–water partition coefficient (Wildman–Crippen LogP) is 2.01. The van der Waals surface area contributed by atoms with E-state index in [1.165, 1.54) is 31.4 Å². The summed E-state index contributed by atoms with van der Waals surface area (Å²) in [4.78, 5) is 34.2. The van der Waals surface area contributed by atoms with E-state index in [4.69, 9.17) is 9.47 Å². The number of benzene rings is 2. The molecule has 0 saturated heterocycles. The van der Waals surface area contributed by atoms with Crippen LogP contribution in [0.4, 0.5) is 5.69 Å². The van der Waals surface area contributed by atoms with Gasteiger partial charge in [-0.1, -0.05) is 42.5 Å². The zero-order valence-corrected chi connectivity index (χ0v) is 14.8. The third kappa shape index (κ3) is 6.52. The van der Waals surface area contributed by atoms with Crippen LogP contribution in [-0.4, -0.2) is 36.6 Å². The minimum Gasteiger partial charge on any atom is -0.467 e. The van der Waals surface area contributed by atoms with Crippen LogP contribution in [0.1, 0.15) is 11.1 Å². The van der Waals surface area contributed by atoms with Gasteiger partial charge in [-0.15, -0.1) is 0 Å². The van der Waals surface area contributed by atoms with E-state index in [9.17, 15) is 19.7 Å². The van der Waals surface area contributed by atoms with Crippen LogP contribution in [0.15, 0.2) is 54.6 Å². The van der Waals surface area contributed by atoms with Gasteiger partial charge in [-0.25, -0.2) is 4.79 Å². The van der Waals surface area contributed by atoms with Crippen LogP contribution in [0.25, 0.3) is 0 Å². The monoisotopic (exact) mass is 372 g/mol. The fourth-order valence-corrected chi connectivity index (χ4v) is 2.40. The van der Waals surface area contributed by atoms with Gasteiger partial charge in [0.15, 0.2) is 0 Å². The highest BCUT2D eigenvalue weighted by Crippen LogP contribution is 2.13. The molecule has 2 aromatic carbocycles. The van der Waals surface area contributed by atoms with Crippen molar-refractivity contribution in [3.8, 4) is 0 Å². The molecule has 2 rings (SSSR count). The van der Waals surface area contributed by atoms with Crippen molar-refractivity contribution < 1.29 is 24.0 Å². The van der Waals surface area contributed by atoms with Crippen molar-refractivity contribution in [2.45, 2.75) is 19.1 Å². The van der Waals surface area contributed by atoms with Crippen LogP contribution in [-0.2, 0) is 32.1 Å². The molecule has 0 saturated carbocycles. The van der Waals surface area contributed by atoms with Crippen molar-refractivity contribution in [1.82, 2.24) is 5.32 Å². The first kappa shape index (κ1) is 20.1. The summed E-state index contributed by atoms with van der Waals surface area (Å²) >= 11 is 0. The minimum atomic E-state index is -0.913. The molecule has 1 N–H and O–H groups in total. The molecule has 0 aromatic heterocycles. The van der Waals surface area contributed by atoms with E-state index >= 15 is 0 Å². The van der Waals surface area contributed by atoms with Gasteiger partial charge in [0.05, 0.1) is 18.6 Å².